The minimum atomic E-state index is -0.738. The Bertz CT molecular complexity index is 476. The Balaban J connectivity index is 1.87. The molecule has 0 saturated heterocycles. The molecule has 0 spiro atoms. The van der Waals surface area contributed by atoms with Crippen molar-refractivity contribution in [3.63, 3.8) is 0 Å². The zero-order chi connectivity index (χ0) is 17.4. The van der Waals surface area contributed by atoms with Gasteiger partial charge in [0.25, 0.3) is 0 Å². The Kier molecular flexibility index (Phi) is 7.89. The van der Waals surface area contributed by atoms with E-state index >= 15 is 0 Å². The number of carboxylic acids is 1. The third-order valence-corrected chi connectivity index (χ3v) is 6.36. The van der Waals surface area contributed by atoms with Crippen molar-refractivity contribution in [2.24, 2.45) is 11.3 Å². The molecule has 136 valence electrons. The Morgan fingerprint density at radius 3 is 2.75 bits per heavy atom. The molecule has 24 heavy (non-hydrogen) atoms. The van der Waals surface area contributed by atoms with Crippen molar-refractivity contribution in [2.75, 3.05) is 18.8 Å². The van der Waals surface area contributed by atoms with E-state index in [1.165, 1.54) is 60.8 Å². The molecule has 2 aliphatic rings. The zero-order valence-corrected chi connectivity index (χ0v) is 16.1. The van der Waals surface area contributed by atoms with E-state index in [2.05, 4.69) is 31.3 Å². The molecule has 2 N–H and O–H groups in total. The number of rotatable bonds is 8. The molecule has 0 amide bonds. The SMILES string of the molecule is CC1(C)CC=C(/C(=C/CNCC2CCCCC2)SCC(=O)O)CC1. The minimum Gasteiger partial charge on any atom is -0.481 e. The van der Waals surface area contributed by atoms with Crippen molar-refractivity contribution < 1.29 is 9.90 Å². The lowest BCUT2D eigenvalue weighted by molar-refractivity contribution is -0.133. The molecule has 0 aromatic carbocycles. The summed E-state index contributed by atoms with van der Waals surface area (Å²) in [7, 11) is 0. The van der Waals surface area contributed by atoms with Gasteiger partial charge in [-0.15, -0.1) is 11.8 Å². The number of hydrogen-bond acceptors (Lipinski definition) is 3. The van der Waals surface area contributed by atoms with Crippen molar-refractivity contribution in [1.29, 1.82) is 0 Å². The molecule has 0 aromatic heterocycles. The van der Waals surface area contributed by atoms with Gasteiger partial charge in [0.15, 0.2) is 0 Å². The third-order valence-electron chi connectivity index (χ3n) is 5.23. The van der Waals surface area contributed by atoms with Gasteiger partial charge < -0.3 is 10.4 Å². The highest BCUT2D eigenvalue weighted by molar-refractivity contribution is 8.03. The van der Waals surface area contributed by atoms with E-state index in [1.807, 2.05) is 0 Å². The average molecular weight is 352 g/mol. The van der Waals surface area contributed by atoms with Crippen molar-refractivity contribution in [1.82, 2.24) is 5.32 Å². The number of aliphatic carboxylic acids is 1. The molecule has 0 atom stereocenters. The number of carboxylic acid groups (broad SMARTS) is 1. The number of thioether (sulfide) groups is 1. The van der Waals surface area contributed by atoms with Gasteiger partial charge in [0.1, 0.15) is 0 Å². The summed E-state index contributed by atoms with van der Waals surface area (Å²) >= 11 is 1.48. The van der Waals surface area contributed by atoms with Gasteiger partial charge in [-0.25, -0.2) is 0 Å². The molecule has 2 aliphatic carbocycles. The lowest BCUT2D eigenvalue weighted by atomic mass is 9.78. The van der Waals surface area contributed by atoms with E-state index in [-0.39, 0.29) is 5.75 Å². The van der Waals surface area contributed by atoms with Crippen LogP contribution in [-0.4, -0.2) is 29.9 Å². The molecule has 1 saturated carbocycles. The molecule has 3 nitrogen and oxygen atoms in total. The number of hydrogen-bond donors (Lipinski definition) is 2. The predicted octanol–water partition coefficient (Wildman–Crippen LogP) is 4.99. The lowest BCUT2D eigenvalue weighted by Crippen LogP contribution is -2.24. The van der Waals surface area contributed by atoms with Crippen LogP contribution in [-0.2, 0) is 4.79 Å². The first kappa shape index (κ1) is 19.6. The molecule has 0 aromatic rings. The smallest absolute Gasteiger partial charge is 0.313 e. The highest BCUT2D eigenvalue weighted by atomic mass is 32.2. The summed E-state index contributed by atoms with van der Waals surface area (Å²) in [6, 6.07) is 0. The second-order valence-electron chi connectivity index (χ2n) is 8.01. The maximum atomic E-state index is 10.9. The summed E-state index contributed by atoms with van der Waals surface area (Å²) in [4.78, 5) is 12.1. The van der Waals surface area contributed by atoms with Gasteiger partial charge in [-0.2, -0.15) is 0 Å². The van der Waals surface area contributed by atoms with Crippen LogP contribution in [0.3, 0.4) is 0 Å². The van der Waals surface area contributed by atoms with Crippen LogP contribution in [0.1, 0.15) is 65.2 Å². The van der Waals surface area contributed by atoms with Gasteiger partial charge in [0.05, 0.1) is 5.75 Å². The van der Waals surface area contributed by atoms with Crippen LogP contribution < -0.4 is 5.32 Å². The fourth-order valence-electron chi connectivity index (χ4n) is 3.57. The van der Waals surface area contributed by atoms with Crippen molar-refractivity contribution >= 4 is 17.7 Å². The highest BCUT2D eigenvalue weighted by Gasteiger charge is 2.23. The first-order valence-corrected chi connectivity index (χ1v) is 10.4. The van der Waals surface area contributed by atoms with Crippen molar-refractivity contribution in [2.45, 2.75) is 65.2 Å². The Hall–Kier alpha value is -0.740. The summed E-state index contributed by atoms with van der Waals surface area (Å²) in [6.07, 6.45) is 14.7. The van der Waals surface area contributed by atoms with E-state index in [0.29, 0.717) is 5.41 Å². The lowest BCUT2D eigenvalue weighted by Gasteiger charge is -2.29. The Labute approximate surface area is 151 Å². The van der Waals surface area contributed by atoms with E-state index < -0.39 is 5.97 Å². The van der Waals surface area contributed by atoms with E-state index in [1.54, 1.807) is 0 Å². The first-order valence-electron chi connectivity index (χ1n) is 9.41. The maximum absolute atomic E-state index is 10.9. The van der Waals surface area contributed by atoms with Crippen LogP contribution in [0.15, 0.2) is 22.6 Å². The number of carbonyl (C=O) groups is 1. The van der Waals surface area contributed by atoms with E-state index in [4.69, 9.17) is 5.11 Å². The molecule has 0 heterocycles. The Morgan fingerprint density at radius 2 is 2.12 bits per heavy atom. The topological polar surface area (TPSA) is 49.3 Å². The zero-order valence-electron chi connectivity index (χ0n) is 15.3. The molecular formula is C20H33NO2S. The quantitative estimate of drug-likeness (QED) is 0.605. The van der Waals surface area contributed by atoms with Gasteiger partial charge >= 0.3 is 5.97 Å². The third kappa shape index (κ3) is 7.02. The van der Waals surface area contributed by atoms with Gasteiger partial charge in [-0.3, -0.25) is 4.79 Å². The largest absolute Gasteiger partial charge is 0.481 e. The van der Waals surface area contributed by atoms with Gasteiger partial charge in [0, 0.05) is 11.4 Å². The maximum Gasteiger partial charge on any atom is 0.313 e. The van der Waals surface area contributed by atoms with Crippen molar-refractivity contribution in [3.05, 3.63) is 22.6 Å². The molecule has 1 fully saturated rings. The van der Waals surface area contributed by atoms with Crippen molar-refractivity contribution in [3.8, 4) is 0 Å². The average Bonchev–Trinajstić information content (AvgIpc) is 2.55. The van der Waals surface area contributed by atoms with Gasteiger partial charge in [-0.05, 0) is 55.6 Å². The second kappa shape index (κ2) is 9.67. The standard InChI is InChI=1S/C20H33NO2S/c1-20(2)11-8-17(9-12-20)18(24-15-19(22)23)10-13-21-14-16-6-4-3-5-7-16/h8,10,16,21H,3-7,9,11-15H2,1-2H3,(H,22,23)/b18-10-. The summed E-state index contributed by atoms with van der Waals surface area (Å²) in [5, 5.41) is 12.6. The summed E-state index contributed by atoms with van der Waals surface area (Å²) in [6.45, 7) is 6.55. The van der Waals surface area contributed by atoms with Crippen LogP contribution in [0.4, 0.5) is 0 Å². The molecule has 0 unspecified atom stereocenters. The summed E-state index contributed by atoms with van der Waals surface area (Å²) < 4.78 is 0. The molecule has 0 radical (unpaired) electrons. The van der Waals surface area contributed by atoms with Gasteiger partial charge in [0.2, 0.25) is 0 Å². The molecule has 4 heteroatoms. The second-order valence-corrected chi connectivity index (χ2v) is 9.03. The fourth-order valence-corrected chi connectivity index (χ4v) is 4.42. The highest BCUT2D eigenvalue weighted by Crippen LogP contribution is 2.39. The summed E-state index contributed by atoms with van der Waals surface area (Å²) in [5.41, 5.74) is 1.73. The number of allylic oxidation sites excluding steroid dienone is 2. The van der Waals surface area contributed by atoms with Crippen LogP contribution in [0, 0.1) is 11.3 Å². The first-order chi connectivity index (χ1) is 11.5. The summed E-state index contributed by atoms with van der Waals surface area (Å²) in [5.74, 6) is 0.240. The predicted molar refractivity (Wildman–Crippen MR) is 103 cm³/mol. The normalized spacial score (nSPS) is 22.2. The van der Waals surface area contributed by atoms with Crippen LogP contribution >= 0.6 is 11.8 Å². The van der Waals surface area contributed by atoms with Crippen LogP contribution in [0.2, 0.25) is 0 Å². The van der Waals surface area contributed by atoms with Crippen LogP contribution in [0.25, 0.3) is 0 Å². The molecule has 0 bridgehead atoms. The Morgan fingerprint density at radius 1 is 1.38 bits per heavy atom. The molecule has 0 aliphatic heterocycles. The minimum absolute atomic E-state index is 0.148. The van der Waals surface area contributed by atoms with Gasteiger partial charge in [-0.1, -0.05) is 45.3 Å². The molecular weight excluding hydrogens is 318 g/mol. The monoisotopic (exact) mass is 351 g/mol. The number of nitrogens with one attached hydrogen (secondary N) is 1. The van der Waals surface area contributed by atoms with E-state index in [9.17, 15) is 4.79 Å². The van der Waals surface area contributed by atoms with E-state index in [0.717, 1.165) is 31.8 Å². The molecule has 2 rings (SSSR count). The van der Waals surface area contributed by atoms with Crippen LogP contribution in [0.5, 0.6) is 0 Å². The fraction of sp³-hybridized carbons (Fsp3) is 0.750.